The molecule has 0 aliphatic carbocycles. The Morgan fingerprint density at radius 3 is 2.76 bits per heavy atom. The number of carboxylic acid groups (broad SMARTS) is 1. The molecular weight excluding hydrogens is 222 g/mol. The summed E-state index contributed by atoms with van der Waals surface area (Å²) in [6, 6.07) is 4.75. The van der Waals surface area contributed by atoms with Crippen molar-refractivity contribution in [1.82, 2.24) is 0 Å². The lowest BCUT2D eigenvalue weighted by Crippen LogP contribution is -2.28. The summed E-state index contributed by atoms with van der Waals surface area (Å²) in [4.78, 5) is 10.9. The van der Waals surface area contributed by atoms with Crippen molar-refractivity contribution in [1.29, 1.82) is 0 Å². The number of carbonyl (C=O) groups is 1. The van der Waals surface area contributed by atoms with Crippen molar-refractivity contribution >= 4 is 11.7 Å². The second-order valence-electron chi connectivity index (χ2n) is 3.80. The van der Waals surface area contributed by atoms with E-state index < -0.39 is 12.0 Å². The highest BCUT2D eigenvalue weighted by atomic mass is 16.6. The first-order chi connectivity index (χ1) is 8.20. The van der Waals surface area contributed by atoms with Crippen LogP contribution >= 0.6 is 0 Å². The first kappa shape index (κ1) is 11.6. The lowest BCUT2D eigenvalue weighted by atomic mass is 10.2. The molecule has 17 heavy (non-hydrogen) atoms. The second-order valence-corrected chi connectivity index (χ2v) is 3.80. The van der Waals surface area contributed by atoms with Crippen LogP contribution < -0.4 is 14.8 Å². The predicted octanol–water partition coefficient (Wildman–Crippen LogP) is 1.73. The van der Waals surface area contributed by atoms with Gasteiger partial charge in [0.2, 0.25) is 0 Å². The third-order valence-electron chi connectivity index (χ3n) is 2.59. The molecule has 0 saturated heterocycles. The van der Waals surface area contributed by atoms with Crippen LogP contribution in [-0.4, -0.2) is 30.3 Å². The van der Waals surface area contributed by atoms with Crippen molar-refractivity contribution in [2.24, 2.45) is 0 Å². The Morgan fingerprint density at radius 1 is 1.41 bits per heavy atom. The summed E-state index contributed by atoms with van der Waals surface area (Å²) in [5.74, 6) is 0.494. The zero-order valence-corrected chi connectivity index (χ0v) is 9.60. The molecule has 5 nitrogen and oxygen atoms in total. The summed E-state index contributed by atoms with van der Waals surface area (Å²) in [5, 5.41) is 11.9. The molecule has 1 aliphatic heterocycles. The van der Waals surface area contributed by atoms with Crippen LogP contribution in [0.1, 0.15) is 13.3 Å². The van der Waals surface area contributed by atoms with Gasteiger partial charge in [0.05, 0.1) is 0 Å². The average molecular weight is 237 g/mol. The maximum atomic E-state index is 10.9. The fourth-order valence-electron chi connectivity index (χ4n) is 1.67. The first-order valence-corrected chi connectivity index (χ1v) is 5.59. The molecule has 1 atom stereocenters. The third kappa shape index (κ3) is 2.61. The Bertz CT molecular complexity index is 419. The van der Waals surface area contributed by atoms with E-state index >= 15 is 0 Å². The average Bonchev–Trinajstić information content (AvgIpc) is 2.35. The van der Waals surface area contributed by atoms with Gasteiger partial charge in [0.15, 0.2) is 11.5 Å². The van der Waals surface area contributed by atoms with E-state index in [4.69, 9.17) is 14.6 Å². The zero-order chi connectivity index (χ0) is 12.3. The van der Waals surface area contributed by atoms with E-state index in [0.29, 0.717) is 31.1 Å². The third-order valence-corrected chi connectivity index (χ3v) is 2.59. The van der Waals surface area contributed by atoms with Gasteiger partial charge in [-0.2, -0.15) is 0 Å². The van der Waals surface area contributed by atoms with Crippen LogP contribution in [0.2, 0.25) is 0 Å². The minimum atomic E-state index is -0.859. The molecule has 0 saturated carbocycles. The molecular formula is C12H15NO4. The SMILES string of the molecule is CCC(Nc1ccc2c(c1)OCCO2)C(=O)O. The van der Waals surface area contributed by atoms with Crippen molar-refractivity contribution in [2.75, 3.05) is 18.5 Å². The van der Waals surface area contributed by atoms with E-state index in [2.05, 4.69) is 5.32 Å². The number of benzene rings is 1. The van der Waals surface area contributed by atoms with Gasteiger partial charge in [0, 0.05) is 11.8 Å². The highest BCUT2D eigenvalue weighted by Gasteiger charge is 2.16. The number of carboxylic acids is 1. The van der Waals surface area contributed by atoms with Crippen LogP contribution in [0.5, 0.6) is 11.5 Å². The van der Waals surface area contributed by atoms with Crippen LogP contribution in [0.4, 0.5) is 5.69 Å². The van der Waals surface area contributed by atoms with E-state index in [1.165, 1.54) is 0 Å². The van der Waals surface area contributed by atoms with Crippen molar-refractivity contribution in [3.8, 4) is 11.5 Å². The Hall–Kier alpha value is -1.91. The summed E-state index contributed by atoms with van der Waals surface area (Å²) in [6.45, 7) is 2.89. The van der Waals surface area contributed by atoms with E-state index in [1.807, 2.05) is 6.92 Å². The largest absolute Gasteiger partial charge is 0.486 e. The maximum absolute atomic E-state index is 10.9. The lowest BCUT2D eigenvalue weighted by molar-refractivity contribution is -0.137. The van der Waals surface area contributed by atoms with Crippen molar-refractivity contribution in [2.45, 2.75) is 19.4 Å². The molecule has 2 N–H and O–H groups in total. The van der Waals surface area contributed by atoms with Gasteiger partial charge in [-0.3, -0.25) is 0 Å². The monoisotopic (exact) mass is 237 g/mol. The normalized spacial score (nSPS) is 15.1. The highest BCUT2D eigenvalue weighted by molar-refractivity contribution is 5.77. The number of hydrogen-bond acceptors (Lipinski definition) is 4. The van der Waals surface area contributed by atoms with E-state index in [9.17, 15) is 4.79 Å². The molecule has 0 fully saturated rings. The quantitative estimate of drug-likeness (QED) is 0.834. The van der Waals surface area contributed by atoms with Gasteiger partial charge < -0.3 is 19.9 Å². The fraction of sp³-hybridized carbons (Fsp3) is 0.417. The van der Waals surface area contributed by atoms with E-state index in [-0.39, 0.29) is 0 Å². The van der Waals surface area contributed by atoms with Gasteiger partial charge in [-0.1, -0.05) is 6.92 Å². The molecule has 1 aromatic rings. The summed E-state index contributed by atoms with van der Waals surface area (Å²) in [6.07, 6.45) is 0.518. The van der Waals surface area contributed by atoms with Gasteiger partial charge >= 0.3 is 5.97 Å². The number of anilines is 1. The Labute approximate surface area is 99.3 Å². The lowest BCUT2D eigenvalue weighted by Gasteiger charge is -2.20. The first-order valence-electron chi connectivity index (χ1n) is 5.59. The minimum absolute atomic E-state index is 0.518. The maximum Gasteiger partial charge on any atom is 0.326 e. The van der Waals surface area contributed by atoms with Crippen LogP contribution in [-0.2, 0) is 4.79 Å². The van der Waals surface area contributed by atoms with Gasteiger partial charge in [-0.15, -0.1) is 0 Å². The van der Waals surface area contributed by atoms with E-state index in [1.54, 1.807) is 18.2 Å². The van der Waals surface area contributed by atoms with Crippen LogP contribution in [0.25, 0.3) is 0 Å². The van der Waals surface area contributed by atoms with Crippen molar-refractivity contribution in [3.63, 3.8) is 0 Å². The minimum Gasteiger partial charge on any atom is -0.486 e. The molecule has 0 aromatic heterocycles. The molecule has 1 unspecified atom stereocenters. The van der Waals surface area contributed by atoms with Gasteiger partial charge in [0.1, 0.15) is 19.3 Å². The number of fused-ring (bicyclic) bond motifs is 1. The highest BCUT2D eigenvalue weighted by Crippen LogP contribution is 2.32. The van der Waals surface area contributed by atoms with Gasteiger partial charge in [-0.05, 0) is 18.6 Å². The number of rotatable bonds is 4. The molecule has 1 aliphatic rings. The molecule has 1 heterocycles. The second kappa shape index (κ2) is 4.95. The topological polar surface area (TPSA) is 67.8 Å². The molecule has 5 heteroatoms. The molecule has 0 amide bonds. The van der Waals surface area contributed by atoms with Gasteiger partial charge in [-0.25, -0.2) is 4.79 Å². The van der Waals surface area contributed by atoms with E-state index in [0.717, 1.165) is 5.69 Å². The van der Waals surface area contributed by atoms with Gasteiger partial charge in [0.25, 0.3) is 0 Å². The number of nitrogens with one attached hydrogen (secondary N) is 1. The van der Waals surface area contributed by atoms with Crippen molar-refractivity contribution in [3.05, 3.63) is 18.2 Å². The van der Waals surface area contributed by atoms with Crippen LogP contribution in [0.3, 0.4) is 0 Å². The number of hydrogen-bond donors (Lipinski definition) is 2. The molecule has 1 aromatic carbocycles. The van der Waals surface area contributed by atoms with Crippen LogP contribution in [0, 0.1) is 0 Å². The standard InChI is InChI=1S/C12H15NO4/c1-2-9(12(14)15)13-8-3-4-10-11(7-8)17-6-5-16-10/h3-4,7,9,13H,2,5-6H2,1H3,(H,14,15). The van der Waals surface area contributed by atoms with Crippen LogP contribution in [0.15, 0.2) is 18.2 Å². The predicted molar refractivity (Wildman–Crippen MR) is 62.8 cm³/mol. The molecule has 0 bridgehead atoms. The Kier molecular flexibility index (Phi) is 3.37. The zero-order valence-electron chi connectivity index (χ0n) is 9.60. The molecule has 92 valence electrons. The number of aliphatic carboxylic acids is 1. The Balaban J connectivity index is 2.14. The smallest absolute Gasteiger partial charge is 0.326 e. The summed E-state index contributed by atoms with van der Waals surface area (Å²) >= 11 is 0. The fourth-order valence-corrected chi connectivity index (χ4v) is 1.67. The Morgan fingerprint density at radius 2 is 2.12 bits per heavy atom. The molecule has 0 radical (unpaired) electrons. The molecule has 0 spiro atoms. The summed E-state index contributed by atoms with van der Waals surface area (Å²) < 4.78 is 10.8. The summed E-state index contributed by atoms with van der Waals surface area (Å²) in [7, 11) is 0. The number of ether oxygens (including phenoxy) is 2. The summed E-state index contributed by atoms with van der Waals surface area (Å²) in [5.41, 5.74) is 0.725. The molecule has 2 rings (SSSR count). The van der Waals surface area contributed by atoms with Crippen molar-refractivity contribution < 1.29 is 19.4 Å².